The summed E-state index contributed by atoms with van der Waals surface area (Å²) in [6.45, 7) is 2.55. The normalized spacial score (nSPS) is 10.0. The number of nitrogens with two attached hydrogens (primary N) is 2. The fourth-order valence-corrected chi connectivity index (χ4v) is 1.64. The number of nitrogen functional groups attached to an aromatic ring is 1. The molecule has 0 aliphatic carbocycles. The fourth-order valence-electron chi connectivity index (χ4n) is 1.64. The maximum absolute atomic E-state index is 12.1. The van der Waals surface area contributed by atoms with Gasteiger partial charge in [-0.3, -0.25) is 4.79 Å². The molecule has 1 aromatic rings. The molecule has 0 bridgehead atoms. The summed E-state index contributed by atoms with van der Waals surface area (Å²) in [6, 6.07) is 6.98. The summed E-state index contributed by atoms with van der Waals surface area (Å²) >= 11 is 0. The summed E-state index contributed by atoms with van der Waals surface area (Å²) in [5.74, 6) is -0.549. The molecular formula is C13H20N4O2. The quantitative estimate of drug-likeness (QED) is 0.764. The number of nitrogens with zero attached hydrogens (tertiary/aromatic N) is 2. The lowest BCUT2D eigenvalue weighted by molar-refractivity contribution is -0.118. The maximum Gasteiger partial charge on any atom is 0.320 e. The predicted octanol–water partition coefficient (Wildman–Crippen LogP) is 0.628. The van der Waals surface area contributed by atoms with E-state index < -0.39 is 5.91 Å². The van der Waals surface area contributed by atoms with Crippen LogP contribution in [0, 0.1) is 0 Å². The number of benzene rings is 1. The van der Waals surface area contributed by atoms with E-state index in [0.717, 1.165) is 5.56 Å². The van der Waals surface area contributed by atoms with E-state index in [1.807, 2.05) is 25.1 Å². The van der Waals surface area contributed by atoms with Gasteiger partial charge in [0.05, 0.1) is 6.54 Å². The van der Waals surface area contributed by atoms with Crippen LogP contribution in [-0.2, 0) is 11.3 Å². The van der Waals surface area contributed by atoms with Gasteiger partial charge in [0.25, 0.3) is 0 Å². The minimum Gasteiger partial charge on any atom is -0.398 e. The lowest BCUT2D eigenvalue weighted by Gasteiger charge is -2.27. The summed E-state index contributed by atoms with van der Waals surface area (Å²) in [4.78, 5) is 26.1. The molecule has 0 radical (unpaired) electrons. The monoisotopic (exact) mass is 264 g/mol. The van der Waals surface area contributed by atoms with Crippen LogP contribution in [0.25, 0.3) is 0 Å². The van der Waals surface area contributed by atoms with Gasteiger partial charge in [0.1, 0.15) is 6.54 Å². The van der Waals surface area contributed by atoms with Crippen molar-refractivity contribution in [3.05, 3.63) is 29.8 Å². The van der Waals surface area contributed by atoms with Gasteiger partial charge in [0.15, 0.2) is 0 Å². The zero-order valence-electron chi connectivity index (χ0n) is 11.3. The van der Waals surface area contributed by atoms with Crippen LogP contribution in [-0.4, -0.2) is 41.9 Å². The first-order valence-corrected chi connectivity index (χ1v) is 6.07. The molecule has 4 N–H and O–H groups in total. The van der Waals surface area contributed by atoms with E-state index in [9.17, 15) is 9.59 Å². The Bertz CT molecular complexity index is 462. The molecule has 0 aliphatic heterocycles. The van der Waals surface area contributed by atoms with Gasteiger partial charge in [-0.05, 0) is 18.6 Å². The molecular weight excluding hydrogens is 244 g/mol. The van der Waals surface area contributed by atoms with Crippen LogP contribution in [0.3, 0.4) is 0 Å². The largest absolute Gasteiger partial charge is 0.398 e. The number of amides is 3. The number of hydrogen-bond donors (Lipinski definition) is 2. The smallest absolute Gasteiger partial charge is 0.320 e. The Morgan fingerprint density at radius 3 is 2.42 bits per heavy atom. The average Bonchev–Trinajstić information content (AvgIpc) is 2.38. The van der Waals surface area contributed by atoms with Gasteiger partial charge in [-0.15, -0.1) is 0 Å². The van der Waals surface area contributed by atoms with Gasteiger partial charge in [0.2, 0.25) is 5.91 Å². The number of primary amides is 1. The van der Waals surface area contributed by atoms with Crippen molar-refractivity contribution in [1.82, 2.24) is 9.80 Å². The van der Waals surface area contributed by atoms with E-state index in [1.165, 1.54) is 9.80 Å². The highest BCUT2D eigenvalue weighted by atomic mass is 16.2. The van der Waals surface area contributed by atoms with E-state index in [4.69, 9.17) is 11.5 Å². The molecule has 19 heavy (non-hydrogen) atoms. The van der Waals surface area contributed by atoms with E-state index in [2.05, 4.69) is 0 Å². The Morgan fingerprint density at radius 1 is 1.26 bits per heavy atom. The lowest BCUT2D eigenvalue weighted by atomic mass is 10.1. The van der Waals surface area contributed by atoms with Crippen molar-refractivity contribution in [2.75, 3.05) is 25.9 Å². The summed E-state index contributed by atoms with van der Waals surface area (Å²) in [6.07, 6.45) is 0. The van der Waals surface area contributed by atoms with Gasteiger partial charge < -0.3 is 21.3 Å². The SMILES string of the molecule is CCN(C)C(=O)N(CC(N)=O)Cc1ccccc1N. The molecule has 0 saturated heterocycles. The fraction of sp³-hybridized carbons (Fsp3) is 0.385. The first-order valence-electron chi connectivity index (χ1n) is 6.07. The van der Waals surface area contributed by atoms with E-state index in [0.29, 0.717) is 12.2 Å². The third kappa shape index (κ3) is 4.17. The zero-order chi connectivity index (χ0) is 14.4. The van der Waals surface area contributed by atoms with Gasteiger partial charge in [-0.25, -0.2) is 4.79 Å². The highest BCUT2D eigenvalue weighted by Crippen LogP contribution is 2.14. The molecule has 0 unspecified atom stereocenters. The Labute approximate surface area is 113 Å². The summed E-state index contributed by atoms with van der Waals surface area (Å²) in [5.41, 5.74) is 12.4. The van der Waals surface area contributed by atoms with Crippen molar-refractivity contribution in [3.8, 4) is 0 Å². The molecule has 1 aromatic carbocycles. The molecule has 0 atom stereocenters. The van der Waals surface area contributed by atoms with Crippen LogP contribution in [0.15, 0.2) is 24.3 Å². The summed E-state index contributed by atoms with van der Waals surface area (Å²) in [7, 11) is 1.67. The Balaban J connectivity index is 2.89. The van der Waals surface area contributed by atoms with Gasteiger partial charge in [-0.2, -0.15) is 0 Å². The molecule has 0 aliphatic rings. The number of carbonyl (C=O) groups is 2. The Kier molecular flexibility index (Phi) is 5.17. The Morgan fingerprint density at radius 2 is 1.89 bits per heavy atom. The highest BCUT2D eigenvalue weighted by molar-refractivity contribution is 5.83. The standard InChI is InChI=1S/C13H20N4O2/c1-3-16(2)13(19)17(9-12(15)18)8-10-6-4-5-7-11(10)14/h4-7H,3,8-9,14H2,1-2H3,(H2,15,18). The van der Waals surface area contributed by atoms with Crippen molar-refractivity contribution in [2.24, 2.45) is 5.73 Å². The van der Waals surface area contributed by atoms with Crippen molar-refractivity contribution in [3.63, 3.8) is 0 Å². The van der Waals surface area contributed by atoms with E-state index in [-0.39, 0.29) is 19.1 Å². The highest BCUT2D eigenvalue weighted by Gasteiger charge is 2.19. The lowest BCUT2D eigenvalue weighted by Crippen LogP contribution is -2.44. The molecule has 6 nitrogen and oxygen atoms in total. The zero-order valence-corrected chi connectivity index (χ0v) is 11.3. The molecule has 0 spiro atoms. The van der Waals surface area contributed by atoms with Crippen LogP contribution < -0.4 is 11.5 Å². The second-order valence-corrected chi connectivity index (χ2v) is 4.32. The third-order valence-corrected chi connectivity index (χ3v) is 2.83. The molecule has 6 heteroatoms. The third-order valence-electron chi connectivity index (χ3n) is 2.83. The number of rotatable bonds is 5. The molecule has 104 valence electrons. The van der Waals surface area contributed by atoms with Crippen LogP contribution in [0.1, 0.15) is 12.5 Å². The molecule has 0 heterocycles. The van der Waals surface area contributed by atoms with Crippen LogP contribution >= 0.6 is 0 Å². The van der Waals surface area contributed by atoms with Crippen molar-refractivity contribution in [2.45, 2.75) is 13.5 Å². The second kappa shape index (κ2) is 6.63. The van der Waals surface area contributed by atoms with Crippen molar-refractivity contribution >= 4 is 17.6 Å². The summed E-state index contributed by atoms with van der Waals surface area (Å²) in [5, 5.41) is 0. The first-order chi connectivity index (χ1) is 8.95. The number of anilines is 1. The van der Waals surface area contributed by atoms with Crippen LogP contribution in [0.4, 0.5) is 10.5 Å². The molecule has 3 amide bonds. The first kappa shape index (κ1) is 14.8. The van der Waals surface area contributed by atoms with Gasteiger partial charge >= 0.3 is 6.03 Å². The molecule has 1 rings (SSSR count). The number of urea groups is 1. The molecule has 0 fully saturated rings. The topological polar surface area (TPSA) is 92.7 Å². The molecule has 0 aromatic heterocycles. The summed E-state index contributed by atoms with van der Waals surface area (Å²) < 4.78 is 0. The maximum atomic E-state index is 12.1. The number of para-hydroxylation sites is 1. The van der Waals surface area contributed by atoms with Crippen LogP contribution in [0.5, 0.6) is 0 Å². The van der Waals surface area contributed by atoms with E-state index in [1.54, 1.807) is 13.1 Å². The second-order valence-electron chi connectivity index (χ2n) is 4.32. The average molecular weight is 264 g/mol. The van der Waals surface area contributed by atoms with Crippen molar-refractivity contribution < 1.29 is 9.59 Å². The van der Waals surface area contributed by atoms with Gasteiger partial charge in [0, 0.05) is 19.3 Å². The minimum absolute atomic E-state index is 0.127. The number of carbonyl (C=O) groups excluding carboxylic acids is 2. The molecule has 0 saturated carbocycles. The number of hydrogen-bond acceptors (Lipinski definition) is 3. The van der Waals surface area contributed by atoms with Crippen LogP contribution in [0.2, 0.25) is 0 Å². The van der Waals surface area contributed by atoms with Gasteiger partial charge in [-0.1, -0.05) is 18.2 Å². The van der Waals surface area contributed by atoms with E-state index >= 15 is 0 Å². The van der Waals surface area contributed by atoms with Crippen molar-refractivity contribution in [1.29, 1.82) is 0 Å². The Hall–Kier alpha value is -2.24. The predicted molar refractivity (Wildman–Crippen MR) is 74.2 cm³/mol. The minimum atomic E-state index is -0.549.